The van der Waals surface area contributed by atoms with E-state index < -0.39 is 42.5 Å². The predicted octanol–water partition coefficient (Wildman–Crippen LogP) is 1.36. The van der Waals surface area contributed by atoms with Crippen molar-refractivity contribution in [2.75, 3.05) is 18.8 Å². The van der Waals surface area contributed by atoms with E-state index in [1.54, 1.807) is 0 Å². The summed E-state index contributed by atoms with van der Waals surface area (Å²) >= 11 is 1.15. The van der Waals surface area contributed by atoms with Gasteiger partial charge in [-0.25, -0.2) is 0 Å². The molecule has 2 rings (SSSR count). The zero-order chi connectivity index (χ0) is 18.6. The summed E-state index contributed by atoms with van der Waals surface area (Å²) in [5, 5.41) is 9.99. The number of thioether (sulfide) groups is 1. The highest BCUT2D eigenvalue weighted by atomic mass is 32.2. The van der Waals surface area contributed by atoms with Crippen molar-refractivity contribution in [1.29, 1.82) is 0 Å². The second-order valence-electron chi connectivity index (χ2n) is 4.98. The quantitative estimate of drug-likeness (QED) is 0.776. The van der Waals surface area contributed by atoms with Gasteiger partial charge in [0.2, 0.25) is 11.8 Å². The van der Waals surface area contributed by atoms with E-state index >= 15 is 0 Å². The lowest BCUT2D eigenvalue weighted by molar-refractivity contribution is -0.274. The Morgan fingerprint density at radius 3 is 2.76 bits per heavy atom. The van der Waals surface area contributed by atoms with E-state index in [0.717, 1.165) is 23.9 Å². The molecule has 11 heteroatoms. The molecule has 0 aliphatic carbocycles. The van der Waals surface area contributed by atoms with E-state index in [1.807, 2.05) is 0 Å². The minimum Gasteiger partial charge on any atom is -0.480 e. The number of nitrogens with zero attached hydrogens (tertiary/aromatic N) is 1. The zero-order valence-corrected chi connectivity index (χ0v) is 13.4. The maximum atomic E-state index is 12.3. The monoisotopic (exact) mass is 378 g/mol. The number of hydrogen-bond donors (Lipinski definition) is 2. The summed E-state index contributed by atoms with van der Waals surface area (Å²) in [6.07, 6.45) is -4.84. The summed E-state index contributed by atoms with van der Waals surface area (Å²) in [5.74, 6) is -2.65. The number of nitrogens with one attached hydrogen (secondary N) is 1. The van der Waals surface area contributed by atoms with Gasteiger partial charge < -0.3 is 20.1 Å². The van der Waals surface area contributed by atoms with Crippen LogP contribution in [0.1, 0.15) is 10.9 Å². The average Bonchev–Trinajstić information content (AvgIpc) is 2.85. The van der Waals surface area contributed by atoms with E-state index in [4.69, 9.17) is 5.11 Å². The number of aliphatic carboxylic acids is 1. The van der Waals surface area contributed by atoms with Gasteiger partial charge in [-0.15, -0.1) is 24.9 Å². The second-order valence-corrected chi connectivity index (χ2v) is 6.04. The van der Waals surface area contributed by atoms with Crippen LogP contribution >= 0.6 is 11.8 Å². The van der Waals surface area contributed by atoms with Crippen LogP contribution in [0.2, 0.25) is 0 Å². The number of carbonyl (C=O) groups is 3. The summed E-state index contributed by atoms with van der Waals surface area (Å²) in [4.78, 5) is 35.3. The van der Waals surface area contributed by atoms with Gasteiger partial charge in [-0.2, -0.15) is 0 Å². The zero-order valence-electron chi connectivity index (χ0n) is 12.6. The molecule has 2 amide bonds. The normalized spacial score (nSPS) is 17.5. The summed E-state index contributed by atoms with van der Waals surface area (Å²) < 4.78 is 40.8. The number of carboxylic acids is 1. The van der Waals surface area contributed by atoms with Gasteiger partial charge >= 0.3 is 12.3 Å². The molecular formula is C14H13F3N2O5S. The third-order valence-corrected chi connectivity index (χ3v) is 4.35. The lowest BCUT2D eigenvalue weighted by Gasteiger charge is -2.24. The molecule has 1 aromatic rings. The second kappa shape index (κ2) is 7.64. The third kappa shape index (κ3) is 5.55. The molecule has 136 valence electrons. The first kappa shape index (κ1) is 18.9. The van der Waals surface area contributed by atoms with Crippen molar-refractivity contribution >= 4 is 29.5 Å². The van der Waals surface area contributed by atoms with Crippen LogP contribution in [0.3, 0.4) is 0 Å². The number of halogens is 3. The number of ether oxygens (including phenoxy) is 1. The fraction of sp³-hybridized carbons (Fsp3) is 0.357. The van der Waals surface area contributed by atoms with Crippen LogP contribution < -0.4 is 10.1 Å². The summed E-state index contributed by atoms with van der Waals surface area (Å²) in [6, 6.07) is 5.14. The first-order valence-electron chi connectivity index (χ1n) is 6.91. The molecule has 0 saturated carbocycles. The van der Waals surface area contributed by atoms with Gasteiger partial charge in [-0.1, -0.05) is 12.1 Å². The van der Waals surface area contributed by atoms with Crippen molar-refractivity contribution in [3.05, 3.63) is 29.8 Å². The average molecular weight is 378 g/mol. The smallest absolute Gasteiger partial charge is 0.480 e. The van der Waals surface area contributed by atoms with Crippen molar-refractivity contribution in [2.24, 2.45) is 0 Å². The molecule has 1 unspecified atom stereocenters. The molecule has 0 bridgehead atoms. The molecule has 2 N–H and O–H groups in total. The van der Waals surface area contributed by atoms with Gasteiger partial charge in [0, 0.05) is 0 Å². The number of benzene rings is 1. The number of carboxylic acid groups (broad SMARTS) is 1. The minimum absolute atomic E-state index is 0.0568. The summed E-state index contributed by atoms with van der Waals surface area (Å²) in [5.41, 5.74) is 0.364. The molecule has 1 atom stereocenters. The van der Waals surface area contributed by atoms with Gasteiger partial charge in [-0.3, -0.25) is 14.4 Å². The number of rotatable bonds is 6. The fourth-order valence-corrected chi connectivity index (χ4v) is 3.33. The first-order chi connectivity index (χ1) is 11.7. The maximum Gasteiger partial charge on any atom is 0.573 e. The Labute approximate surface area is 144 Å². The van der Waals surface area contributed by atoms with E-state index in [-0.39, 0.29) is 11.7 Å². The third-order valence-electron chi connectivity index (χ3n) is 3.10. The molecule has 25 heavy (non-hydrogen) atoms. The van der Waals surface area contributed by atoms with E-state index in [0.29, 0.717) is 5.56 Å². The highest BCUT2D eigenvalue weighted by Crippen LogP contribution is 2.39. The highest BCUT2D eigenvalue weighted by molar-refractivity contribution is 8.00. The van der Waals surface area contributed by atoms with Gasteiger partial charge in [0.1, 0.15) is 24.2 Å². The Balaban J connectivity index is 2.11. The Morgan fingerprint density at radius 1 is 1.40 bits per heavy atom. The van der Waals surface area contributed by atoms with Gasteiger partial charge in [0.25, 0.3) is 0 Å². The standard InChI is InChI=1S/C14H13F3N2O5S/c15-14(16,17)24-9-3-1-2-8(4-9)13-19(11(21)7-25-13)6-10(20)18-5-12(22)23/h1-4,13H,5-7H2,(H,18,20)(H,22,23). The maximum absolute atomic E-state index is 12.3. The molecule has 1 heterocycles. The summed E-state index contributed by atoms with van der Waals surface area (Å²) in [7, 11) is 0. The molecule has 1 aliphatic heterocycles. The first-order valence-corrected chi connectivity index (χ1v) is 7.96. The molecular weight excluding hydrogens is 365 g/mol. The molecule has 1 aliphatic rings. The van der Waals surface area contributed by atoms with Crippen molar-refractivity contribution < 1.29 is 37.4 Å². The lowest BCUT2D eigenvalue weighted by atomic mass is 10.2. The molecule has 1 aromatic carbocycles. The number of carbonyl (C=O) groups excluding carboxylic acids is 2. The van der Waals surface area contributed by atoms with Crippen LogP contribution in [0.25, 0.3) is 0 Å². The Bertz CT molecular complexity index is 683. The van der Waals surface area contributed by atoms with Gasteiger partial charge in [0.05, 0.1) is 5.75 Å². The van der Waals surface area contributed by atoms with Gasteiger partial charge in [-0.05, 0) is 17.7 Å². The minimum atomic E-state index is -4.84. The topological polar surface area (TPSA) is 95.9 Å². The fourth-order valence-electron chi connectivity index (χ4n) is 2.15. The van der Waals surface area contributed by atoms with E-state index in [9.17, 15) is 27.6 Å². The molecule has 1 fully saturated rings. The van der Waals surface area contributed by atoms with E-state index in [2.05, 4.69) is 10.1 Å². The Morgan fingerprint density at radius 2 is 2.12 bits per heavy atom. The molecule has 7 nitrogen and oxygen atoms in total. The SMILES string of the molecule is O=C(O)CNC(=O)CN1C(=O)CSC1c1cccc(OC(F)(F)F)c1. The molecule has 0 spiro atoms. The lowest BCUT2D eigenvalue weighted by Crippen LogP contribution is -2.40. The van der Waals surface area contributed by atoms with Crippen LogP contribution in [0.15, 0.2) is 24.3 Å². The van der Waals surface area contributed by atoms with Gasteiger partial charge in [0.15, 0.2) is 0 Å². The summed E-state index contributed by atoms with van der Waals surface area (Å²) in [6.45, 7) is -0.984. The van der Waals surface area contributed by atoms with Crippen LogP contribution in [-0.4, -0.2) is 53.0 Å². The number of hydrogen-bond acceptors (Lipinski definition) is 5. The van der Waals surface area contributed by atoms with Crippen LogP contribution in [0, 0.1) is 0 Å². The van der Waals surface area contributed by atoms with E-state index in [1.165, 1.54) is 17.0 Å². The van der Waals surface area contributed by atoms with Crippen LogP contribution in [0.4, 0.5) is 13.2 Å². The van der Waals surface area contributed by atoms with Crippen molar-refractivity contribution in [3.63, 3.8) is 0 Å². The Kier molecular flexibility index (Phi) is 5.77. The number of alkyl halides is 3. The van der Waals surface area contributed by atoms with Crippen LogP contribution in [-0.2, 0) is 14.4 Å². The Hall–Kier alpha value is -2.43. The van der Waals surface area contributed by atoms with Crippen molar-refractivity contribution in [1.82, 2.24) is 10.2 Å². The largest absolute Gasteiger partial charge is 0.573 e. The predicted molar refractivity (Wildman–Crippen MR) is 80.7 cm³/mol. The highest BCUT2D eigenvalue weighted by Gasteiger charge is 2.35. The molecule has 1 saturated heterocycles. The number of amides is 2. The van der Waals surface area contributed by atoms with Crippen LogP contribution in [0.5, 0.6) is 5.75 Å². The van der Waals surface area contributed by atoms with Crippen molar-refractivity contribution in [3.8, 4) is 5.75 Å². The van der Waals surface area contributed by atoms with Crippen molar-refractivity contribution in [2.45, 2.75) is 11.7 Å². The molecule has 0 radical (unpaired) electrons. The molecule has 0 aromatic heterocycles.